The summed E-state index contributed by atoms with van der Waals surface area (Å²) < 4.78 is 45.1. The molecule has 1 aromatic carbocycles. The Bertz CT molecular complexity index is 421. The van der Waals surface area contributed by atoms with E-state index in [-0.39, 0.29) is 11.8 Å². The molecule has 0 bridgehead atoms. The minimum atomic E-state index is -4.71. The lowest BCUT2D eigenvalue weighted by molar-refractivity contribution is -0.274. The van der Waals surface area contributed by atoms with Crippen molar-refractivity contribution in [1.29, 1.82) is 0 Å². The van der Waals surface area contributed by atoms with Crippen molar-refractivity contribution in [2.24, 2.45) is 5.73 Å². The van der Waals surface area contributed by atoms with Crippen LogP contribution in [0.5, 0.6) is 11.5 Å². The molecule has 1 aliphatic rings. The van der Waals surface area contributed by atoms with Gasteiger partial charge in [-0.2, -0.15) is 0 Å². The van der Waals surface area contributed by atoms with Gasteiger partial charge in [0.25, 0.3) is 0 Å². The Kier molecular flexibility index (Phi) is 3.86. The fraction of sp³-hybridized carbons (Fsp3) is 0.500. The van der Waals surface area contributed by atoms with Crippen molar-refractivity contribution >= 4 is 0 Å². The summed E-state index contributed by atoms with van der Waals surface area (Å²) in [6.07, 6.45) is -4.63. The first-order valence-corrected chi connectivity index (χ1v) is 5.81. The number of nitrogens with two attached hydrogens (primary N) is 1. The fourth-order valence-corrected chi connectivity index (χ4v) is 2.00. The number of rotatable bonds is 3. The summed E-state index contributed by atoms with van der Waals surface area (Å²) in [5.41, 5.74) is 5.64. The van der Waals surface area contributed by atoms with Crippen LogP contribution < -0.4 is 15.2 Å². The molecule has 3 N–H and O–H groups in total. The van der Waals surface area contributed by atoms with E-state index in [0.717, 1.165) is 12.1 Å². The van der Waals surface area contributed by atoms with Gasteiger partial charge >= 0.3 is 6.36 Å². The third kappa shape index (κ3) is 3.74. The van der Waals surface area contributed by atoms with Crippen molar-refractivity contribution in [3.63, 3.8) is 0 Å². The molecule has 1 saturated carbocycles. The van der Waals surface area contributed by atoms with Crippen LogP contribution in [0.25, 0.3) is 0 Å². The number of hydrogen-bond acceptors (Lipinski definition) is 4. The molecule has 0 aromatic heterocycles. The number of benzene rings is 1. The molecule has 106 valence electrons. The van der Waals surface area contributed by atoms with E-state index in [2.05, 4.69) is 4.74 Å². The average molecular weight is 277 g/mol. The topological polar surface area (TPSA) is 64.7 Å². The molecule has 19 heavy (non-hydrogen) atoms. The standard InChI is InChI=1S/C12H14F3NO3/c13-12(14,15)19-8-3-1-7(2-4-8)18-10-6-5-9(16)11(10)17/h1-4,9-11,17H,5-6,16H2. The first-order chi connectivity index (χ1) is 8.85. The van der Waals surface area contributed by atoms with Gasteiger partial charge < -0.3 is 20.3 Å². The fourth-order valence-electron chi connectivity index (χ4n) is 2.00. The number of aliphatic hydroxyl groups excluding tert-OH is 1. The van der Waals surface area contributed by atoms with E-state index in [1.54, 1.807) is 0 Å². The SMILES string of the molecule is NC1CCC(Oc2ccc(OC(F)(F)F)cc2)C1O. The van der Waals surface area contributed by atoms with Gasteiger partial charge in [0, 0.05) is 6.04 Å². The average Bonchev–Trinajstić information content (AvgIpc) is 2.62. The van der Waals surface area contributed by atoms with Crippen LogP contribution in [0.3, 0.4) is 0 Å². The second-order valence-electron chi connectivity index (χ2n) is 4.41. The van der Waals surface area contributed by atoms with Crippen molar-refractivity contribution < 1.29 is 27.8 Å². The highest BCUT2D eigenvalue weighted by Crippen LogP contribution is 2.27. The van der Waals surface area contributed by atoms with Gasteiger partial charge in [-0.25, -0.2) is 0 Å². The Morgan fingerprint density at radius 1 is 1.11 bits per heavy atom. The molecule has 0 heterocycles. The lowest BCUT2D eigenvalue weighted by Crippen LogP contribution is -2.37. The summed E-state index contributed by atoms with van der Waals surface area (Å²) in [5, 5.41) is 9.70. The molecule has 3 atom stereocenters. The zero-order valence-corrected chi connectivity index (χ0v) is 9.93. The quantitative estimate of drug-likeness (QED) is 0.884. The Hall–Kier alpha value is -1.47. The third-order valence-electron chi connectivity index (χ3n) is 2.95. The summed E-state index contributed by atoms with van der Waals surface area (Å²) in [7, 11) is 0. The molecule has 0 radical (unpaired) electrons. The number of aliphatic hydroxyl groups is 1. The smallest absolute Gasteiger partial charge is 0.488 e. The van der Waals surface area contributed by atoms with E-state index in [9.17, 15) is 18.3 Å². The van der Waals surface area contributed by atoms with Crippen LogP contribution in [0, 0.1) is 0 Å². The lowest BCUT2D eigenvalue weighted by atomic mass is 10.2. The number of hydrogen-bond donors (Lipinski definition) is 2. The summed E-state index contributed by atoms with van der Waals surface area (Å²) >= 11 is 0. The van der Waals surface area contributed by atoms with Crippen LogP contribution in [0.2, 0.25) is 0 Å². The van der Waals surface area contributed by atoms with Crippen LogP contribution in [0.1, 0.15) is 12.8 Å². The summed E-state index contributed by atoms with van der Waals surface area (Å²) in [5.74, 6) is 0.0520. The Morgan fingerprint density at radius 3 is 2.16 bits per heavy atom. The maximum atomic E-state index is 12.0. The Labute approximate surface area is 107 Å². The van der Waals surface area contributed by atoms with E-state index in [4.69, 9.17) is 10.5 Å². The minimum Gasteiger partial charge on any atom is -0.488 e. The van der Waals surface area contributed by atoms with Crippen molar-refractivity contribution in [3.8, 4) is 11.5 Å². The maximum absolute atomic E-state index is 12.0. The zero-order chi connectivity index (χ0) is 14.0. The van der Waals surface area contributed by atoms with E-state index in [0.29, 0.717) is 18.6 Å². The molecule has 0 spiro atoms. The molecule has 0 aliphatic heterocycles. The Morgan fingerprint density at radius 2 is 1.68 bits per heavy atom. The van der Waals surface area contributed by atoms with Gasteiger partial charge in [-0.05, 0) is 37.1 Å². The number of halogens is 3. The molecular weight excluding hydrogens is 263 g/mol. The van der Waals surface area contributed by atoms with Gasteiger partial charge in [0.1, 0.15) is 23.7 Å². The largest absolute Gasteiger partial charge is 0.573 e. The lowest BCUT2D eigenvalue weighted by Gasteiger charge is -2.19. The van der Waals surface area contributed by atoms with E-state index >= 15 is 0 Å². The highest BCUT2D eigenvalue weighted by molar-refractivity contribution is 5.31. The number of ether oxygens (including phenoxy) is 2. The van der Waals surface area contributed by atoms with E-state index < -0.39 is 18.6 Å². The molecule has 0 amide bonds. The predicted molar refractivity (Wildman–Crippen MR) is 60.8 cm³/mol. The van der Waals surface area contributed by atoms with Crippen molar-refractivity contribution in [3.05, 3.63) is 24.3 Å². The first-order valence-electron chi connectivity index (χ1n) is 5.81. The van der Waals surface area contributed by atoms with Crippen LogP contribution in [-0.4, -0.2) is 29.7 Å². The van der Waals surface area contributed by atoms with Gasteiger partial charge in [0.05, 0.1) is 0 Å². The molecule has 1 fully saturated rings. The summed E-state index contributed by atoms with van der Waals surface area (Å²) in [6, 6.07) is 4.71. The first kappa shape index (κ1) is 14.0. The highest BCUT2D eigenvalue weighted by atomic mass is 19.4. The van der Waals surface area contributed by atoms with E-state index in [1.165, 1.54) is 12.1 Å². The van der Waals surface area contributed by atoms with Gasteiger partial charge in [0.2, 0.25) is 0 Å². The molecule has 0 saturated heterocycles. The maximum Gasteiger partial charge on any atom is 0.573 e. The summed E-state index contributed by atoms with van der Waals surface area (Å²) in [6.45, 7) is 0. The minimum absolute atomic E-state index is 0.316. The second kappa shape index (κ2) is 5.26. The normalized spacial score (nSPS) is 27.3. The zero-order valence-electron chi connectivity index (χ0n) is 9.93. The molecule has 3 unspecified atom stereocenters. The van der Waals surface area contributed by atoms with Crippen LogP contribution in [0.15, 0.2) is 24.3 Å². The molecule has 7 heteroatoms. The Balaban J connectivity index is 1.96. The molecular formula is C12H14F3NO3. The van der Waals surface area contributed by atoms with E-state index in [1.807, 2.05) is 0 Å². The van der Waals surface area contributed by atoms with Gasteiger partial charge in [-0.15, -0.1) is 13.2 Å². The second-order valence-corrected chi connectivity index (χ2v) is 4.41. The van der Waals surface area contributed by atoms with Crippen molar-refractivity contribution in [2.75, 3.05) is 0 Å². The van der Waals surface area contributed by atoms with Crippen molar-refractivity contribution in [2.45, 2.75) is 37.5 Å². The molecule has 1 aliphatic carbocycles. The van der Waals surface area contributed by atoms with Crippen LogP contribution >= 0.6 is 0 Å². The summed E-state index contributed by atoms with van der Waals surface area (Å²) in [4.78, 5) is 0. The van der Waals surface area contributed by atoms with Gasteiger partial charge in [0.15, 0.2) is 0 Å². The molecule has 1 aromatic rings. The third-order valence-corrected chi connectivity index (χ3v) is 2.95. The predicted octanol–water partition coefficient (Wildman–Crippen LogP) is 1.81. The molecule has 2 rings (SSSR count). The van der Waals surface area contributed by atoms with Gasteiger partial charge in [-0.1, -0.05) is 0 Å². The van der Waals surface area contributed by atoms with Crippen molar-refractivity contribution in [1.82, 2.24) is 0 Å². The highest BCUT2D eigenvalue weighted by Gasteiger charge is 2.34. The van der Waals surface area contributed by atoms with Crippen LogP contribution in [-0.2, 0) is 0 Å². The van der Waals surface area contributed by atoms with Crippen LogP contribution in [0.4, 0.5) is 13.2 Å². The van der Waals surface area contributed by atoms with Gasteiger partial charge in [-0.3, -0.25) is 0 Å². The molecule has 4 nitrogen and oxygen atoms in total. The number of alkyl halides is 3. The monoisotopic (exact) mass is 277 g/mol.